The number of rotatable bonds is 6. The Labute approximate surface area is 124 Å². The Morgan fingerprint density at radius 3 is 2.71 bits per heavy atom. The third-order valence-corrected chi connectivity index (χ3v) is 3.33. The molecule has 1 aliphatic rings. The highest BCUT2D eigenvalue weighted by atomic mass is 16.7. The molecule has 0 N–H and O–H groups in total. The minimum atomic E-state index is -0.768. The highest BCUT2D eigenvalue weighted by molar-refractivity contribution is 5.89. The summed E-state index contributed by atoms with van der Waals surface area (Å²) in [5.74, 6) is -1.05. The number of benzene rings is 1. The van der Waals surface area contributed by atoms with Crippen molar-refractivity contribution in [3.05, 3.63) is 35.9 Å². The summed E-state index contributed by atoms with van der Waals surface area (Å²) >= 11 is 0. The minimum absolute atomic E-state index is 0.0994. The summed E-state index contributed by atoms with van der Waals surface area (Å²) in [4.78, 5) is 22.8. The standard InChI is InChI=1S/C16H20O5/c1-12(17)8-9-16(2)20-11-14(21-16)10-19-15(18)13-6-4-3-5-7-13/h3-7,14H,8-11H2,1-2H3. The monoisotopic (exact) mass is 292 g/mol. The van der Waals surface area contributed by atoms with Gasteiger partial charge in [0, 0.05) is 12.8 Å². The van der Waals surface area contributed by atoms with Gasteiger partial charge in [-0.1, -0.05) is 18.2 Å². The predicted octanol–water partition coefficient (Wildman–Crippen LogP) is 2.34. The van der Waals surface area contributed by atoms with E-state index < -0.39 is 5.79 Å². The van der Waals surface area contributed by atoms with Gasteiger partial charge in [0.05, 0.1) is 12.2 Å². The van der Waals surface area contributed by atoms with Crippen LogP contribution in [0.25, 0.3) is 0 Å². The molecule has 2 rings (SSSR count). The number of Topliss-reactive ketones (excluding diaryl/α,β-unsaturated/α-hetero) is 1. The van der Waals surface area contributed by atoms with E-state index in [4.69, 9.17) is 14.2 Å². The zero-order chi connectivity index (χ0) is 15.3. The number of esters is 1. The van der Waals surface area contributed by atoms with Gasteiger partial charge < -0.3 is 19.0 Å². The lowest BCUT2D eigenvalue weighted by molar-refractivity contribution is -0.164. The summed E-state index contributed by atoms with van der Waals surface area (Å²) in [5.41, 5.74) is 0.510. The lowest BCUT2D eigenvalue weighted by Crippen LogP contribution is -2.29. The molecule has 2 atom stereocenters. The van der Waals surface area contributed by atoms with Crippen LogP contribution in [-0.4, -0.2) is 36.9 Å². The number of hydrogen-bond acceptors (Lipinski definition) is 5. The van der Waals surface area contributed by atoms with Gasteiger partial charge in [-0.15, -0.1) is 0 Å². The third-order valence-electron chi connectivity index (χ3n) is 3.33. The molecular weight excluding hydrogens is 272 g/mol. The van der Waals surface area contributed by atoms with Gasteiger partial charge in [0.25, 0.3) is 0 Å². The van der Waals surface area contributed by atoms with Gasteiger partial charge in [0.1, 0.15) is 18.5 Å². The fourth-order valence-electron chi connectivity index (χ4n) is 2.13. The van der Waals surface area contributed by atoms with Gasteiger partial charge in [0.15, 0.2) is 5.79 Å². The second kappa shape index (κ2) is 6.83. The Balaban J connectivity index is 1.78. The van der Waals surface area contributed by atoms with Crippen LogP contribution in [0.5, 0.6) is 0 Å². The lowest BCUT2D eigenvalue weighted by Gasteiger charge is -2.22. The first kappa shape index (κ1) is 15.7. The first-order chi connectivity index (χ1) is 9.98. The molecule has 1 saturated heterocycles. The summed E-state index contributed by atoms with van der Waals surface area (Å²) in [6, 6.07) is 8.80. The van der Waals surface area contributed by atoms with Gasteiger partial charge in [-0.2, -0.15) is 0 Å². The number of hydrogen-bond donors (Lipinski definition) is 0. The largest absolute Gasteiger partial charge is 0.459 e. The van der Waals surface area contributed by atoms with Gasteiger partial charge in [-0.05, 0) is 26.0 Å². The number of carbonyl (C=O) groups is 2. The Morgan fingerprint density at radius 2 is 2.05 bits per heavy atom. The number of ketones is 1. The molecule has 0 amide bonds. The third kappa shape index (κ3) is 4.65. The minimum Gasteiger partial charge on any atom is -0.459 e. The maximum absolute atomic E-state index is 11.8. The van der Waals surface area contributed by atoms with Crippen molar-refractivity contribution >= 4 is 11.8 Å². The van der Waals surface area contributed by atoms with Crippen LogP contribution >= 0.6 is 0 Å². The summed E-state index contributed by atoms with van der Waals surface area (Å²) < 4.78 is 16.5. The second-order valence-electron chi connectivity index (χ2n) is 5.35. The summed E-state index contributed by atoms with van der Waals surface area (Å²) in [6.07, 6.45) is 0.619. The normalized spacial score (nSPS) is 24.8. The van der Waals surface area contributed by atoms with Crippen molar-refractivity contribution in [3.63, 3.8) is 0 Å². The maximum Gasteiger partial charge on any atom is 0.338 e. The van der Waals surface area contributed by atoms with Crippen molar-refractivity contribution in [2.75, 3.05) is 13.2 Å². The van der Waals surface area contributed by atoms with E-state index in [2.05, 4.69) is 0 Å². The van der Waals surface area contributed by atoms with Crippen LogP contribution in [0.2, 0.25) is 0 Å². The summed E-state index contributed by atoms with van der Waals surface area (Å²) in [6.45, 7) is 3.84. The molecule has 0 aliphatic carbocycles. The van der Waals surface area contributed by atoms with E-state index in [1.165, 1.54) is 6.92 Å². The van der Waals surface area contributed by atoms with Crippen LogP contribution in [0.15, 0.2) is 30.3 Å². The number of ether oxygens (including phenoxy) is 3. The van der Waals surface area contributed by atoms with E-state index >= 15 is 0 Å². The fourth-order valence-corrected chi connectivity index (χ4v) is 2.13. The van der Waals surface area contributed by atoms with Crippen molar-refractivity contribution < 1.29 is 23.8 Å². The fraction of sp³-hybridized carbons (Fsp3) is 0.500. The molecule has 2 unspecified atom stereocenters. The highest BCUT2D eigenvalue weighted by Crippen LogP contribution is 2.28. The Morgan fingerprint density at radius 1 is 1.33 bits per heavy atom. The van der Waals surface area contributed by atoms with Crippen LogP contribution in [0.4, 0.5) is 0 Å². The summed E-state index contributed by atoms with van der Waals surface area (Å²) in [5, 5.41) is 0. The molecule has 1 fully saturated rings. The second-order valence-corrected chi connectivity index (χ2v) is 5.35. The lowest BCUT2D eigenvalue weighted by atomic mass is 10.1. The molecule has 0 spiro atoms. The SMILES string of the molecule is CC(=O)CCC1(C)OCC(COC(=O)c2ccccc2)O1. The van der Waals surface area contributed by atoms with Crippen molar-refractivity contribution in [3.8, 4) is 0 Å². The van der Waals surface area contributed by atoms with Crippen molar-refractivity contribution in [1.29, 1.82) is 0 Å². The maximum atomic E-state index is 11.8. The molecule has 0 saturated carbocycles. The molecule has 0 aromatic heterocycles. The molecule has 1 aliphatic heterocycles. The van der Waals surface area contributed by atoms with Crippen LogP contribution in [-0.2, 0) is 19.0 Å². The van der Waals surface area contributed by atoms with Gasteiger partial charge in [-0.25, -0.2) is 4.79 Å². The van der Waals surface area contributed by atoms with Crippen molar-refractivity contribution in [2.24, 2.45) is 0 Å². The number of carbonyl (C=O) groups excluding carboxylic acids is 2. The predicted molar refractivity (Wildman–Crippen MR) is 75.9 cm³/mol. The van der Waals surface area contributed by atoms with Crippen LogP contribution in [0.1, 0.15) is 37.0 Å². The Kier molecular flexibility index (Phi) is 5.09. The Hall–Kier alpha value is -1.72. The molecule has 1 aromatic rings. The average Bonchev–Trinajstić information content (AvgIpc) is 2.86. The molecule has 5 nitrogen and oxygen atoms in total. The van der Waals surface area contributed by atoms with E-state index in [9.17, 15) is 9.59 Å². The Bertz CT molecular complexity index is 499. The first-order valence-corrected chi connectivity index (χ1v) is 7.02. The molecule has 1 heterocycles. The smallest absolute Gasteiger partial charge is 0.338 e. The van der Waals surface area contributed by atoms with Crippen LogP contribution in [0.3, 0.4) is 0 Å². The van der Waals surface area contributed by atoms with Crippen molar-refractivity contribution in [2.45, 2.75) is 38.6 Å². The van der Waals surface area contributed by atoms with Gasteiger partial charge in [-0.3, -0.25) is 0 Å². The molecule has 1 aromatic carbocycles. The summed E-state index contributed by atoms with van der Waals surface area (Å²) in [7, 11) is 0. The van der Waals surface area contributed by atoms with Crippen LogP contribution in [0, 0.1) is 0 Å². The molecule has 5 heteroatoms. The van der Waals surface area contributed by atoms with Crippen LogP contribution < -0.4 is 0 Å². The van der Waals surface area contributed by atoms with Crippen molar-refractivity contribution in [1.82, 2.24) is 0 Å². The molecule has 0 bridgehead atoms. The average molecular weight is 292 g/mol. The van der Waals surface area contributed by atoms with E-state index in [-0.39, 0.29) is 24.5 Å². The van der Waals surface area contributed by atoms with Gasteiger partial charge in [0.2, 0.25) is 0 Å². The van der Waals surface area contributed by atoms with Gasteiger partial charge >= 0.3 is 5.97 Å². The van der Waals surface area contributed by atoms with E-state index in [1.54, 1.807) is 31.2 Å². The molecule has 21 heavy (non-hydrogen) atoms. The molecule has 114 valence electrons. The first-order valence-electron chi connectivity index (χ1n) is 7.02. The quantitative estimate of drug-likeness (QED) is 0.753. The van der Waals surface area contributed by atoms with E-state index in [0.717, 1.165) is 0 Å². The zero-order valence-corrected chi connectivity index (χ0v) is 12.3. The molecular formula is C16H20O5. The van der Waals surface area contributed by atoms with E-state index in [0.29, 0.717) is 25.0 Å². The van der Waals surface area contributed by atoms with E-state index in [1.807, 2.05) is 6.07 Å². The molecule has 0 radical (unpaired) electrons. The topological polar surface area (TPSA) is 61.8 Å². The zero-order valence-electron chi connectivity index (χ0n) is 12.3. The highest BCUT2D eigenvalue weighted by Gasteiger charge is 2.37.